The van der Waals surface area contributed by atoms with E-state index in [-0.39, 0.29) is 38.1 Å². The molecule has 0 N–H and O–H groups in total. The molecule has 130 valence electrons. The Labute approximate surface area is 137 Å². The molecule has 0 atom stereocenters. The highest BCUT2D eigenvalue weighted by Crippen LogP contribution is 2.42. The third kappa shape index (κ3) is 2.76. The van der Waals surface area contributed by atoms with Crippen LogP contribution in [0, 0.1) is 13.8 Å². The number of rotatable bonds is 0. The van der Waals surface area contributed by atoms with Crippen LogP contribution in [0.15, 0.2) is 12.1 Å². The van der Waals surface area contributed by atoms with E-state index < -0.39 is 17.7 Å². The Hall–Kier alpha value is -2.05. The Morgan fingerprint density at radius 2 is 1.83 bits per heavy atom. The van der Waals surface area contributed by atoms with E-state index in [0.717, 1.165) is 16.0 Å². The van der Waals surface area contributed by atoms with Crippen LogP contribution in [0.2, 0.25) is 0 Å². The van der Waals surface area contributed by atoms with E-state index in [9.17, 15) is 22.8 Å². The van der Waals surface area contributed by atoms with Crippen LogP contribution in [0.5, 0.6) is 5.75 Å². The summed E-state index contributed by atoms with van der Waals surface area (Å²) in [6.45, 7) is 3.65. The number of piperidine rings is 1. The van der Waals surface area contributed by atoms with Gasteiger partial charge in [-0.25, -0.2) is 0 Å². The number of carbonyl (C=O) groups excluding carboxylic acids is 2. The van der Waals surface area contributed by atoms with Crippen molar-refractivity contribution >= 4 is 11.7 Å². The van der Waals surface area contributed by atoms with Crippen molar-refractivity contribution < 1.29 is 27.5 Å². The number of hydrogen-bond acceptors (Lipinski definition) is 3. The molecule has 0 unspecified atom stereocenters. The summed E-state index contributed by atoms with van der Waals surface area (Å²) in [5.41, 5.74) is 1.57. The molecule has 2 heterocycles. The number of ether oxygens (including phenoxy) is 1. The van der Waals surface area contributed by atoms with Gasteiger partial charge in [0.15, 0.2) is 5.78 Å². The van der Waals surface area contributed by atoms with E-state index in [0.29, 0.717) is 11.3 Å². The van der Waals surface area contributed by atoms with Gasteiger partial charge in [0.2, 0.25) is 0 Å². The number of alkyl halides is 3. The molecule has 1 saturated heterocycles. The van der Waals surface area contributed by atoms with Gasteiger partial charge in [-0.05, 0) is 31.0 Å². The van der Waals surface area contributed by atoms with Crippen LogP contribution in [0.3, 0.4) is 0 Å². The van der Waals surface area contributed by atoms with Gasteiger partial charge in [0.1, 0.15) is 11.4 Å². The van der Waals surface area contributed by atoms with Crippen molar-refractivity contribution in [3.63, 3.8) is 0 Å². The minimum atomic E-state index is -4.87. The molecule has 1 spiro atoms. The SMILES string of the molecule is Cc1ccc2c(c1C)OC1(CCN(C(=O)C(F)(F)F)CC1)CC2=O. The van der Waals surface area contributed by atoms with Crippen LogP contribution in [-0.4, -0.2) is 41.5 Å². The van der Waals surface area contributed by atoms with Crippen molar-refractivity contribution in [3.05, 3.63) is 28.8 Å². The summed E-state index contributed by atoms with van der Waals surface area (Å²) < 4.78 is 43.8. The molecule has 0 bridgehead atoms. The maximum absolute atomic E-state index is 12.5. The van der Waals surface area contributed by atoms with E-state index in [1.54, 1.807) is 6.07 Å². The zero-order valence-electron chi connectivity index (χ0n) is 13.5. The molecule has 3 rings (SSSR count). The van der Waals surface area contributed by atoms with E-state index in [2.05, 4.69) is 0 Å². The second-order valence-corrected chi connectivity index (χ2v) is 6.56. The number of amides is 1. The van der Waals surface area contributed by atoms with Crippen molar-refractivity contribution in [1.29, 1.82) is 0 Å². The van der Waals surface area contributed by atoms with Gasteiger partial charge in [-0.1, -0.05) is 6.07 Å². The topological polar surface area (TPSA) is 46.6 Å². The van der Waals surface area contributed by atoms with Gasteiger partial charge in [0.25, 0.3) is 0 Å². The van der Waals surface area contributed by atoms with Crippen molar-refractivity contribution in [1.82, 2.24) is 4.90 Å². The highest BCUT2D eigenvalue weighted by molar-refractivity contribution is 6.01. The predicted molar refractivity (Wildman–Crippen MR) is 80.1 cm³/mol. The van der Waals surface area contributed by atoms with Crippen LogP contribution in [0.4, 0.5) is 13.2 Å². The van der Waals surface area contributed by atoms with E-state index >= 15 is 0 Å². The number of benzene rings is 1. The van der Waals surface area contributed by atoms with Crippen LogP contribution in [0.25, 0.3) is 0 Å². The highest BCUT2D eigenvalue weighted by atomic mass is 19.4. The number of Topliss-reactive ketones (excluding diaryl/α,β-unsaturated/α-hetero) is 1. The minimum Gasteiger partial charge on any atom is -0.486 e. The van der Waals surface area contributed by atoms with Crippen molar-refractivity contribution in [2.45, 2.75) is 44.9 Å². The molecule has 2 aliphatic rings. The summed E-state index contributed by atoms with van der Waals surface area (Å²) in [5.74, 6) is -1.36. The maximum Gasteiger partial charge on any atom is 0.471 e. The number of aryl methyl sites for hydroxylation is 1. The largest absolute Gasteiger partial charge is 0.486 e. The van der Waals surface area contributed by atoms with Crippen LogP contribution in [0.1, 0.15) is 40.7 Å². The van der Waals surface area contributed by atoms with E-state index in [1.807, 2.05) is 19.9 Å². The molecular weight excluding hydrogens is 323 g/mol. The minimum absolute atomic E-state index is 0.0602. The van der Waals surface area contributed by atoms with E-state index in [1.165, 1.54) is 0 Å². The Kier molecular flexibility index (Phi) is 3.85. The lowest BCUT2D eigenvalue weighted by molar-refractivity contribution is -0.188. The Morgan fingerprint density at radius 3 is 2.42 bits per heavy atom. The van der Waals surface area contributed by atoms with Gasteiger partial charge in [0, 0.05) is 25.9 Å². The molecule has 0 radical (unpaired) electrons. The first kappa shape index (κ1) is 16.8. The Bertz CT molecular complexity index is 704. The molecule has 0 aromatic heterocycles. The number of halogens is 3. The lowest BCUT2D eigenvalue weighted by atomic mass is 9.81. The highest BCUT2D eigenvalue weighted by Gasteiger charge is 2.48. The third-order valence-corrected chi connectivity index (χ3v) is 4.98. The second-order valence-electron chi connectivity index (χ2n) is 6.56. The summed E-state index contributed by atoms with van der Waals surface area (Å²) in [4.78, 5) is 24.6. The predicted octanol–water partition coefficient (Wildman–Crippen LogP) is 3.19. The first-order chi connectivity index (χ1) is 11.1. The number of likely N-dealkylation sites (tertiary alicyclic amines) is 1. The molecule has 24 heavy (non-hydrogen) atoms. The summed E-state index contributed by atoms with van der Waals surface area (Å²) in [7, 11) is 0. The number of ketones is 1. The van der Waals surface area contributed by atoms with Crippen LogP contribution < -0.4 is 4.74 Å². The van der Waals surface area contributed by atoms with Crippen molar-refractivity contribution in [3.8, 4) is 5.75 Å². The van der Waals surface area contributed by atoms with Gasteiger partial charge in [-0.2, -0.15) is 13.2 Å². The molecular formula is C17H18F3NO3. The molecule has 0 aliphatic carbocycles. The van der Waals surface area contributed by atoms with Gasteiger partial charge < -0.3 is 9.64 Å². The first-order valence-electron chi connectivity index (χ1n) is 7.81. The lowest BCUT2D eigenvalue weighted by Gasteiger charge is -2.44. The summed E-state index contributed by atoms with van der Waals surface area (Å²) >= 11 is 0. The van der Waals surface area contributed by atoms with Crippen molar-refractivity contribution in [2.75, 3.05) is 13.1 Å². The molecule has 1 amide bonds. The normalized spacial score (nSPS) is 19.9. The van der Waals surface area contributed by atoms with Crippen LogP contribution >= 0.6 is 0 Å². The van der Waals surface area contributed by atoms with E-state index in [4.69, 9.17) is 4.74 Å². The molecule has 1 aromatic rings. The zero-order chi connectivity index (χ0) is 17.7. The van der Waals surface area contributed by atoms with Crippen molar-refractivity contribution in [2.24, 2.45) is 0 Å². The fourth-order valence-electron chi connectivity index (χ4n) is 3.36. The zero-order valence-corrected chi connectivity index (χ0v) is 13.5. The molecule has 7 heteroatoms. The molecule has 0 saturated carbocycles. The fourth-order valence-corrected chi connectivity index (χ4v) is 3.36. The van der Waals surface area contributed by atoms with Gasteiger partial charge >= 0.3 is 12.1 Å². The number of nitrogens with zero attached hydrogens (tertiary/aromatic N) is 1. The average molecular weight is 341 g/mol. The second kappa shape index (κ2) is 5.50. The third-order valence-electron chi connectivity index (χ3n) is 4.98. The average Bonchev–Trinajstić information content (AvgIpc) is 2.51. The smallest absolute Gasteiger partial charge is 0.471 e. The number of hydrogen-bond donors (Lipinski definition) is 0. The fraction of sp³-hybridized carbons (Fsp3) is 0.529. The summed E-state index contributed by atoms with van der Waals surface area (Å²) in [5, 5.41) is 0. The monoisotopic (exact) mass is 341 g/mol. The van der Waals surface area contributed by atoms with Crippen LogP contribution in [-0.2, 0) is 4.79 Å². The van der Waals surface area contributed by atoms with Gasteiger partial charge in [-0.15, -0.1) is 0 Å². The maximum atomic E-state index is 12.5. The van der Waals surface area contributed by atoms with Gasteiger partial charge in [0.05, 0.1) is 12.0 Å². The number of fused-ring (bicyclic) bond motifs is 1. The quantitative estimate of drug-likeness (QED) is 0.728. The molecule has 2 aliphatic heterocycles. The lowest BCUT2D eigenvalue weighted by Crippen LogP contribution is -2.54. The first-order valence-corrected chi connectivity index (χ1v) is 7.81. The Balaban J connectivity index is 1.81. The molecule has 1 aromatic carbocycles. The number of carbonyl (C=O) groups is 2. The molecule has 1 fully saturated rings. The molecule has 4 nitrogen and oxygen atoms in total. The summed E-state index contributed by atoms with van der Waals surface area (Å²) in [6.07, 6.45) is -4.30. The Morgan fingerprint density at radius 1 is 1.21 bits per heavy atom. The van der Waals surface area contributed by atoms with Gasteiger partial charge in [-0.3, -0.25) is 9.59 Å². The summed E-state index contributed by atoms with van der Waals surface area (Å²) in [6, 6.07) is 3.59. The standard InChI is InChI=1S/C17H18F3NO3/c1-10-3-4-12-13(22)9-16(24-14(12)11(10)2)5-7-21(8-6-16)15(23)17(18,19)20/h3-4H,5-9H2,1-2H3.